The third-order valence-electron chi connectivity index (χ3n) is 4.78. The molecule has 1 saturated heterocycles. The average Bonchev–Trinajstić information content (AvgIpc) is 2.80. The Hall–Kier alpha value is -3.89. The van der Waals surface area contributed by atoms with Gasteiger partial charge in [0.2, 0.25) is 0 Å². The molecule has 7 heteroatoms. The van der Waals surface area contributed by atoms with Gasteiger partial charge in [-0.15, -0.1) is 0 Å². The Bertz CT molecular complexity index is 1070. The number of pyridine rings is 1. The van der Waals surface area contributed by atoms with Crippen LogP contribution in [-0.4, -0.2) is 37.2 Å². The van der Waals surface area contributed by atoms with Gasteiger partial charge in [0.1, 0.15) is 5.69 Å². The van der Waals surface area contributed by atoms with Gasteiger partial charge in [-0.3, -0.25) is 4.79 Å². The molecular formula is C23H21N5O2. The number of aromatic nitrogens is 1. The van der Waals surface area contributed by atoms with E-state index >= 15 is 0 Å². The molecule has 0 atom stereocenters. The summed E-state index contributed by atoms with van der Waals surface area (Å²) in [6.45, 7) is 2.93. The molecule has 0 saturated carbocycles. The third-order valence-corrected chi connectivity index (χ3v) is 4.78. The number of amides is 1. The molecule has 2 heterocycles. The second kappa shape index (κ2) is 9.07. The van der Waals surface area contributed by atoms with Crippen molar-refractivity contribution in [2.45, 2.75) is 0 Å². The van der Waals surface area contributed by atoms with Gasteiger partial charge >= 0.3 is 0 Å². The van der Waals surface area contributed by atoms with Crippen LogP contribution >= 0.6 is 0 Å². The number of para-hydroxylation sites is 2. The van der Waals surface area contributed by atoms with Gasteiger partial charge in [-0.05, 0) is 42.5 Å². The number of nitrogens with zero attached hydrogens (tertiary/aromatic N) is 3. The second-order valence-corrected chi connectivity index (χ2v) is 6.82. The van der Waals surface area contributed by atoms with E-state index in [1.54, 1.807) is 30.5 Å². The minimum Gasteiger partial charge on any atom is -0.378 e. The predicted octanol–water partition coefficient (Wildman–Crippen LogP) is 3.79. The monoisotopic (exact) mass is 399 g/mol. The van der Waals surface area contributed by atoms with Crippen LogP contribution in [0.2, 0.25) is 0 Å². The molecule has 0 spiro atoms. The lowest BCUT2D eigenvalue weighted by atomic mass is 10.2. The van der Waals surface area contributed by atoms with Crippen LogP contribution in [-0.2, 0) is 4.74 Å². The van der Waals surface area contributed by atoms with E-state index in [1.165, 1.54) is 0 Å². The van der Waals surface area contributed by atoms with E-state index < -0.39 is 0 Å². The highest BCUT2D eigenvalue weighted by Gasteiger charge is 2.16. The summed E-state index contributed by atoms with van der Waals surface area (Å²) < 4.78 is 5.42. The molecule has 2 aromatic carbocycles. The summed E-state index contributed by atoms with van der Waals surface area (Å²) in [5.74, 6) is -0.270. The van der Waals surface area contributed by atoms with Crippen LogP contribution in [0.5, 0.6) is 0 Å². The highest BCUT2D eigenvalue weighted by molar-refractivity contribution is 6.04. The van der Waals surface area contributed by atoms with Crippen molar-refractivity contribution in [1.29, 1.82) is 5.26 Å². The quantitative estimate of drug-likeness (QED) is 0.678. The van der Waals surface area contributed by atoms with Crippen molar-refractivity contribution in [2.75, 3.05) is 41.8 Å². The van der Waals surface area contributed by atoms with Crippen LogP contribution in [0.3, 0.4) is 0 Å². The van der Waals surface area contributed by atoms with Crippen LogP contribution in [0.1, 0.15) is 16.1 Å². The smallest absolute Gasteiger partial charge is 0.274 e. The Labute approximate surface area is 174 Å². The van der Waals surface area contributed by atoms with Crippen molar-refractivity contribution < 1.29 is 9.53 Å². The number of nitrogens with one attached hydrogen (secondary N) is 2. The van der Waals surface area contributed by atoms with Gasteiger partial charge in [-0.1, -0.05) is 18.2 Å². The molecule has 0 unspecified atom stereocenters. The average molecular weight is 399 g/mol. The number of carbonyl (C=O) groups is 1. The van der Waals surface area contributed by atoms with Gasteiger partial charge in [0, 0.05) is 18.8 Å². The van der Waals surface area contributed by atoms with Crippen molar-refractivity contribution in [1.82, 2.24) is 4.98 Å². The molecule has 2 N–H and O–H groups in total. The first-order valence-corrected chi connectivity index (χ1v) is 9.69. The molecule has 1 fully saturated rings. The molecule has 4 rings (SSSR count). The summed E-state index contributed by atoms with van der Waals surface area (Å²) >= 11 is 0. The molecule has 150 valence electrons. The van der Waals surface area contributed by atoms with E-state index in [2.05, 4.69) is 26.6 Å². The van der Waals surface area contributed by atoms with Crippen LogP contribution in [0.15, 0.2) is 66.9 Å². The molecule has 0 aliphatic carbocycles. The zero-order valence-electron chi connectivity index (χ0n) is 16.3. The van der Waals surface area contributed by atoms with Gasteiger partial charge in [0.05, 0.1) is 48.1 Å². The third kappa shape index (κ3) is 4.57. The molecule has 1 aliphatic heterocycles. The van der Waals surface area contributed by atoms with Crippen molar-refractivity contribution in [3.05, 3.63) is 78.1 Å². The maximum Gasteiger partial charge on any atom is 0.274 e. The van der Waals surface area contributed by atoms with Crippen molar-refractivity contribution in [2.24, 2.45) is 0 Å². The van der Waals surface area contributed by atoms with Gasteiger partial charge in [0.25, 0.3) is 5.91 Å². The van der Waals surface area contributed by atoms with Gasteiger partial charge in [0.15, 0.2) is 0 Å². The number of hydrogen-bond donors (Lipinski definition) is 2. The fourth-order valence-corrected chi connectivity index (χ4v) is 3.28. The topological polar surface area (TPSA) is 90.3 Å². The standard InChI is InChI=1S/C23H21N5O2/c24-15-17-4-3-5-18(14-17)26-19-8-9-21(25-16-19)23(29)27-20-6-1-2-7-22(20)28-10-12-30-13-11-28/h1-9,14,16,26H,10-13H2,(H,27,29). The number of hydrogen-bond acceptors (Lipinski definition) is 6. The summed E-state index contributed by atoms with van der Waals surface area (Å²) in [4.78, 5) is 19.2. The normalized spacial score (nSPS) is 13.4. The SMILES string of the molecule is N#Cc1cccc(Nc2ccc(C(=O)Nc3ccccc3N3CCOCC3)nc2)c1. The second-order valence-electron chi connectivity index (χ2n) is 6.82. The van der Waals surface area contributed by atoms with Gasteiger partial charge in [-0.25, -0.2) is 4.98 Å². The molecule has 7 nitrogen and oxygen atoms in total. The molecule has 3 aromatic rings. The zero-order chi connectivity index (χ0) is 20.8. The van der Waals surface area contributed by atoms with Gasteiger partial charge in [-0.2, -0.15) is 5.26 Å². The molecule has 0 bridgehead atoms. The first-order valence-electron chi connectivity index (χ1n) is 9.69. The lowest BCUT2D eigenvalue weighted by molar-refractivity contribution is 0.102. The minimum atomic E-state index is -0.270. The van der Waals surface area contributed by atoms with Crippen LogP contribution in [0.4, 0.5) is 22.7 Å². The van der Waals surface area contributed by atoms with Crippen LogP contribution in [0.25, 0.3) is 0 Å². The number of morpholine rings is 1. The van der Waals surface area contributed by atoms with E-state index in [0.29, 0.717) is 24.5 Å². The molecule has 1 aliphatic rings. The summed E-state index contributed by atoms with van der Waals surface area (Å²) in [6.07, 6.45) is 1.60. The Kier molecular flexibility index (Phi) is 5.88. The Morgan fingerprint density at radius 2 is 1.87 bits per heavy atom. The first-order chi connectivity index (χ1) is 14.7. The van der Waals surface area contributed by atoms with E-state index in [-0.39, 0.29) is 5.91 Å². The summed E-state index contributed by atoms with van der Waals surface area (Å²) in [7, 11) is 0. The summed E-state index contributed by atoms with van der Waals surface area (Å²) in [5, 5.41) is 15.2. The largest absolute Gasteiger partial charge is 0.378 e. The van der Waals surface area contributed by atoms with E-state index in [0.717, 1.165) is 35.8 Å². The maximum absolute atomic E-state index is 12.7. The summed E-state index contributed by atoms with van der Waals surface area (Å²) in [5.41, 5.74) is 4.14. The van der Waals surface area contributed by atoms with E-state index in [4.69, 9.17) is 10.00 Å². The van der Waals surface area contributed by atoms with Crippen molar-refractivity contribution >= 4 is 28.7 Å². The van der Waals surface area contributed by atoms with Crippen LogP contribution in [0, 0.1) is 11.3 Å². The van der Waals surface area contributed by atoms with Crippen LogP contribution < -0.4 is 15.5 Å². The molecule has 30 heavy (non-hydrogen) atoms. The maximum atomic E-state index is 12.7. The Balaban J connectivity index is 1.45. The number of carbonyl (C=O) groups excluding carboxylic acids is 1. The number of rotatable bonds is 5. The van der Waals surface area contributed by atoms with E-state index in [1.807, 2.05) is 36.4 Å². The lowest BCUT2D eigenvalue weighted by Crippen LogP contribution is -2.36. The Morgan fingerprint density at radius 3 is 2.63 bits per heavy atom. The number of nitriles is 1. The first kappa shape index (κ1) is 19.4. The van der Waals surface area contributed by atoms with Gasteiger partial charge < -0.3 is 20.3 Å². The number of benzene rings is 2. The zero-order valence-corrected chi connectivity index (χ0v) is 16.3. The molecule has 1 aromatic heterocycles. The Morgan fingerprint density at radius 1 is 1.03 bits per heavy atom. The lowest BCUT2D eigenvalue weighted by Gasteiger charge is -2.30. The van der Waals surface area contributed by atoms with E-state index in [9.17, 15) is 4.79 Å². The predicted molar refractivity (Wildman–Crippen MR) is 116 cm³/mol. The molecule has 0 radical (unpaired) electrons. The number of anilines is 4. The van der Waals surface area contributed by atoms with Crippen molar-refractivity contribution in [3.63, 3.8) is 0 Å². The minimum absolute atomic E-state index is 0.270. The fourth-order valence-electron chi connectivity index (χ4n) is 3.28. The molecule has 1 amide bonds. The molecular weight excluding hydrogens is 378 g/mol. The summed E-state index contributed by atoms with van der Waals surface area (Å²) in [6, 6.07) is 20.5. The van der Waals surface area contributed by atoms with Crippen molar-refractivity contribution in [3.8, 4) is 6.07 Å². The number of ether oxygens (including phenoxy) is 1. The fraction of sp³-hybridized carbons (Fsp3) is 0.174. The highest BCUT2D eigenvalue weighted by atomic mass is 16.5. The highest BCUT2D eigenvalue weighted by Crippen LogP contribution is 2.27.